The fourth-order valence-corrected chi connectivity index (χ4v) is 2.06. The summed E-state index contributed by atoms with van der Waals surface area (Å²) in [7, 11) is 1.62. The van der Waals surface area contributed by atoms with Gasteiger partial charge in [-0.3, -0.25) is 10.2 Å². The number of nitrogens with zero attached hydrogens (tertiary/aromatic N) is 3. The highest BCUT2D eigenvalue weighted by molar-refractivity contribution is 5.57. The van der Waals surface area contributed by atoms with E-state index in [0.29, 0.717) is 12.4 Å². The average molecular weight is 264 g/mol. The smallest absolute Gasteiger partial charge is 0.299 e. The minimum Gasteiger partial charge on any atom is -0.299 e. The Morgan fingerprint density at radius 1 is 1.56 bits per heavy atom. The summed E-state index contributed by atoms with van der Waals surface area (Å²) >= 11 is 0. The van der Waals surface area contributed by atoms with Gasteiger partial charge >= 0.3 is 12.0 Å². The predicted octanol–water partition coefficient (Wildman–Crippen LogP) is 0.578. The number of rotatable bonds is 2. The molecule has 2 rings (SSSR count). The summed E-state index contributed by atoms with van der Waals surface area (Å²) in [5.41, 5.74) is 0.111. The molecule has 6 nitrogen and oxygen atoms in total. The number of halogens is 3. The van der Waals surface area contributed by atoms with E-state index in [2.05, 4.69) is 15.6 Å². The Morgan fingerprint density at radius 3 is 2.89 bits per heavy atom. The molecule has 2 heterocycles. The van der Waals surface area contributed by atoms with E-state index in [1.165, 1.54) is 15.8 Å². The molecule has 1 aromatic rings. The Morgan fingerprint density at radius 2 is 2.28 bits per heavy atom. The first kappa shape index (κ1) is 12.8. The number of aromatic nitrogens is 2. The van der Waals surface area contributed by atoms with Crippen LogP contribution in [0, 0.1) is 4.91 Å². The summed E-state index contributed by atoms with van der Waals surface area (Å²) in [6, 6.07) is -1.60. The van der Waals surface area contributed by atoms with Crippen LogP contribution in [0.15, 0.2) is 11.4 Å². The second-order valence-corrected chi connectivity index (χ2v) is 4.13. The molecule has 9 heteroatoms. The van der Waals surface area contributed by atoms with Gasteiger partial charge in [-0.05, 0) is 5.18 Å². The lowest BCUT2D eigenvalue weighted by Gasteiger charge is -2.30. The van der Waals surface area contributed by atoms with Gasteiger partial charge in [0.05, 0.1) is 12.7 Å². The minimum absolute atomic E-state index is 0.111. The van der Waals surface area contributed by atoms with E-state index in [9.17, 15) is 18.1 Å². The van der Waals surface area contributed by atoms with Gasteiger partial charge in [0.2, 0.25) is 5.69 Å². The van der Waals surface area contributed by atoms with E-state index >= 15 is 0 Å². The standard InChI is InChI=1S/C9H12F3N5O/c1-16-8(6(15-18)4-14-16)17-3-2-13-7(5-17)9(10,11)12/h4,7,13H,2-3,5H2,1H3/p+1. The number of piperazine rings is 1. The van der Waals surface area contributed by atoms with Crippen LogP contribution in [0.2, 0.25) is 0 Å². The maximum Gasteiger partial charge on any atom is 0.407 e. The Bertz CT molecular complexity index is 444. The molecule has 1 atom stereocenters. The van der Waals surface area contributed by atoms with Crippen LogP contribution in [-0.2, 0) is 7.05 Å². The monoisotopic (exact) mass is 264 g/mol. The van der Waals surface area contributed by atoms with Crippen LogP contribution < -0.4 is 14.9 Å². The maximum absolute atomic E-state index is 12.7. The molecule has 0 radical (unpaired) electrons. The largest absolute Gasteiger partial charge is 0.407 e. The lowest BCUT2D eigenvalue weighted by molar-refractivity contribution is -0.714. The van der Waals surface area contributed by atoms with E-state index in [4.69, 9.17) is 0 Å². The molecular formula is C9H13F3N5O+. The second kappa shape index (κ2) is 4.56. The van der Waals surface area contributed by atoms with Gasteiger partial charge in [0, 0.05) is 6.54 Å². The van der Waals surface area contributed by atoms with Crippen molar-refractivity contribution in [1.82, 2.24) is 10.4 Å². The molecule has 1 aromatic heterocycles. The normalized spacial score (nSPS) is 21.1. The van der Waals surface area contributed by atoms with Gasteiger partial charge in [-0.15, -0.1) is 4.91 Å². The van der Waals surface area contributed by atoms with Crippen molar-refractivity contribution in [2.24, 2.45) is 12.2 Å². The van der Waals surface area contributed by atoms with E-state index in [1.54, 1.807) is 7.05 Å². The first-order valence-electron chi connectivity index (χ1n) is 5.39. The molecule has 0 aliphatic carbocycles. The van der Waals surface area contributed by atoms with Gasteiger partial charge in [0.1, 0.15) is 19.6 Å². The zero-order chi connectivity index (χ0) is 13.3. The van der Waals surface area contributed by atoms with Crippen molar-refractivity contribution in [2.45, 2.75) is 12.2 Å². The van der Waals surface area contributed by atoms with Crippen molar-refractivity contribution >= 4 is 11.5 Å². The summed E-state index contributed by atoms with van der Waals surface area (Å²) < 4.78 is 39.4. The van der Waals surface area contributed by atoms with Crippen molar-refractivity contribution < 1.29 is 17.9 Å². The first-order chi connectivity index (χ1) is 8.43. The number of hydrogen-bond donors (Lipinski definition) is 2. The summed E-state index contributed by atoms with van der Waals surface area (Å²) in [6.45, 7) is 0.353. The van der Waals surface area contributed by atoms with E-state index < -0.39 is 12.2 Å². The third-order valence-corrected chi connectivity index (χ3v) is 2.91. The molecule has 0 saturated carbocycles. The molecule has 1 aliphatic rings. The topological polar surface area (TPSA) is 64.4 Å². The zero-order valence-electron chi connectivity index (χ0n) is 9.66. The lowest BCUT2D eigenvalue weighted by atomic mass is 10.2. The molecule has 1 saturated heterocycles. The van der Waals surface area contributed by atoms with Crippen LogP contribution in [0.25, 0.3) is 0 Å². The second-order valence-electron chi connectivity index (χ2n) is 4.13. The highest BCUT2D eigenvalue weighted by Gasteiger charge is 2.45. The van der Waals surface area contributed by atoms with Crippen LogP contribution in [-0.4, -0.2) is 37.0 Å². The molecule has 1 aliphatic heterocycles. The minimum atomic E-state index is -4.30. The van der Waals surface area contributed by atoms with Crippen molar-refractivity contribution in [3.05, 3.63) is 11.1 Å². The van der Waals surface area contributed by atoms with Crippen LogP contribution in [0.5, 0.6) is 0 Å². The van der Waals surface area contributed by atoms with Crippen LogP contribution >= 0.6 is 0 Å². The number of anilines is 1. The lowest BCUT2D eigenvalue weighted by Crippen LogP contribution is -2.58. The highest BCUT2D eigenvalue weighted by atomic mass is 19.4. The number of aryl methyl sites for hydroxylation is 1. The van der Waals surface area contributed by atoms with E-state index in [0.717, 1.165) is 0 Å². The Kier molecular flexibility index (Phi) is 3.24. The summed E-state index contributed by atoms with van der Waals surface area (Å²) in [5, 5.41) is 7.94. The van der Waals surface area contributed by atoms with E-state index in [1.807, 2.05) is 0 Å². The van der Waals surface area contributed by atoms with Crippen molar-refractivity contribution in [1.29, 1.82) is 0 Å². The molecule has 1 unspecified atom stereocenters. The first-order valence-corrected chi connectivity index (χ1v) is 5.39. The van der Waals surface area contributed by atoms with Crippen LogP contribution in [0.1, 0.15) is 0 Å². The molecule has 1 fully saturated rings. The summed E-state index contributed by atoms with van der Waals surface area (Å²) in [4.78, 5) is 12.1. The quantitative estimate of drug-likeness (QED) is 0.606. The molecule has 2 N–H and O–H groups in total. The number of aromatic amines is 1. The molecule has 100 valence electrons. The number of alkyl halides is 3. The fraction of sp³-hybridized carbons (Fsp3) is 0.667. The van der Waals surface area contributed by atoms with Gasteiger partial charge in [0.15, 0.2) is 0 Å². The number of nitroso groups, excluding NO2 is 1. The van der Waals surface area contributed by atoms with Gasteiger partial charge in [0.25, 0.3) is 0 Å². The van der Waals surface area contributed by atoms with Gasteiger partial charge in [-0.1, -0.05) is 0 Å². The van der Waals surface area contributed by atoms with Crippen LogP contribution in [0.4, 0.5) is 24.7 Å². The Labute approximate surface area is 101 Å². The predicted molar refractivity (Wildman–Crippen MR) is 57.5 cm³/mol. The van der Waals surface area contributed by atoms with Gasteiger partial charge in [-0.2, -0.15) is 17.9 Å². The summed E-state index contributed by atoms with van der Waals surface area (Å²) in [6.07, 6.45) is -2.94. The summed E-state index contributed by atoms with van der Waals surface area (Å²) in [5.74, 6) is 0.376. The van der Waals surface area contributed by atoms with E-state index in [-0.39, 0.29) is 18.8 Å². The number of nitrogens with one attached hydrogen (secondary N) is 2. The molecule has 0 bridgehead atoms. The fourth-order valence-electron chi connectivity index (χ4n) is 2.06. The van der Waals surface area contributed by atoms with Crippen LogP contribution in [0.3, 0.4) is 0 Å². The number of H-pyrrole nitrogens is 1. The third kappa shape index (κ3) is 2.30. The number of hydrogen-bond acceptors (Lipinski definition) is 4. The van der Waals surface area contributed by atoms with Gasteiger partial charge < -0.3 is 0 Å². The molecular weight excluding hydrogens is 251 g/mol. The highest BCUT2D eigenvalue weighted by Crippen LogP contribution is 2.28. The molecule has 18 heavy (non-hydrogen) atoms. The molecule has 0 amide bonds. The molecule has 0 spiro atoms. The SMILES string of the molecule is C[n+]1[nH]cc(N=O)c1N1CCNC(C(F)(F)F)C1. The maximum atomic E-state index is 12.7. The third-order valence-electron chi connectivity index (χ3n) is 2.91. The van der Waals surface area contributed by atoms with Gasteiger partial charge in [-0.25, -0.2) is 5.10 Å². The zero-order valence-corrected chi connectivity index (χ0v) is 9.66. The van der Waals surface area contributed by atoms with Crippen molar-refractivity contribution in [3.8, 4) is 0 Å². The van der Waals surface area contributed by atoms with Crippen molar-refractivity contribution in [2.75, 3.05) is 24.5 Å². The average Bonchev–Trinajstić information content (AvgIpc) is 2.69. The Hall–Kier alpha value is -1.64. The van der Waals surface area contributed by atoms with Crippen molar-refractivity contribution in [3.63, 3.8) is 0 Å². The Balaban J connectivity index is 2.23. The molecule has 0 aromatic carbocycles.